The molecule has 0 saturated heterocycles. The van der Waals surface area contributed by atoms with Crippen LogP contribution in [0.25, 0.3) is 33.4 Å². The van der Waals surface area contributed by atoms with Gasteiger partial charge in [0.2, 0.25) is 0 Å². The first-order valence-corrected chi connectivity index (χ1v) is 26.5. The lowest BCUT2D eigenvalue weighted by Gasteiger charge is -2.53. The van der Waals surface area contributed by atoms with Gasteiger partial charge in [-0.05, 0) is 138 Å². The normalized spacial score (nSPS) is 14.5. The van der Waals surface area contributed by atoms with Gasteiger partial charge in [0, 0.05) is 21.7 Å². The molecule has 8 heteroatoms. The van der Waals surface area contributed by atoms with Crippen LogP contribution in [-0.4, -0.2) is 55.7 Å². The van der Waals surface area contributed by atoms with Gasteiger partial charge < -0.3 is 18.7 Å². The lowest BCUT2D eigenvalue weighted by Crippen LogP contribution is -2.62. The third kappa shape index (κ3) is 15.8. The van der Waals surface area contributed by atoms with E-state index in [0.717, 1.165) is 94.0 Å². The van der Waals surface area contributed by atoms with Crippen LogP contribution >= 0.6 is 12.6 Å². The molecule has 3 atom stereocenters. The van der Waals surface area contributed by atoms with Gasteiger partial charge in [-0.25, -0.2) is 0 Å². The molecule has 0 aliphatic carbocycles. The van der Waals surface area contributed by atoms with E-state index >= 15 is 0 Å². The zero-order valence-electron chi connectivity index (χ0n) is 46.2. The summed E-state index contributed by atoms with van der Waals surface area (Å²) in [4.78, 5) is 0. The van der Waals surface area contributed by atoms with Crippen molar-refractivity contribution in [2.24, 2.45) is 27.1 Å². The van der Waals surface area contributed by atoms with Crippen molar-refractivity contribution in [3.63, 3.8) is 0 Å². The topological polar surface area (TPSA) is 99.1 Å². The summed E-state index contributed by atoms with van der Waals surface area (Å²) in [7, 11) is 2.46. The second kappa shape index (κ2) is 23.4. The maximum Gasteiger partial charge on any atom is 0.119 e. The molecular weight excluding hydrogens is 929 g/mol. The highest BCUT2D eigenvalue weighted by atomic mass is 32.1. The van der Waals surface area contributed by atoms with Crippen molar-refractivity contribution in [1.29, 1.82) is 15.8 Å². The Morgan fingerprint density at radius 1 is 0.405 bits per heavy atom. The molecular formula is C66H79N4O3S+. The molecule has 0 saturated carbocycles. The molecule has 74 heavy (non-hydrogen) atoms. The largest absolute Gasteiger partial charge is 0.493 e. The van der Waals surface area contributed by atoms with E-state index in [4.69, 9.17) is 26.8 Å². The van der Waals surface area contributed by atoms with E-state index in [1.165, 1.54) is 0 Å². The summed E-state index contributed by atoms with van der Waals surface area (Å²) in [6.07, 6.45) is 2.78. The van der Waals surface area contributed by atoms with Gasteiger partial charge in [0.05, 0.1) is 86.1 Å². The summed E-state index contributed by atoms with van der Waals surface area (Å²) in [6.45, 7) is 30.3. The van der Waals surface area contributed by atoms with E-state index < -0.39 is 0 Å². The fraction of sp³-hybridized carbons (Fsp3) is 0.409. The molecule has 6 aromatic rings. The fourth-order valence-electron chi connectivity index (χ4n) is 11.6. The third-order valence-electron chi connectivity index (χ3n) is 15.0. The first-order chi connectivity index (χ1) is 34.8. The number of hydrogen-bond donors (Lipinski definition) is 1. The van der Waals surface area contributed by atoms with E-state index in [-0.39, 0.29) is 31.8 Å². The Labute approximate surface area is 449 Å². The maximum absolute atomic E-state index is 9.27. The van der Waals surface area contributed by atoms with Crippen LogP contribution in [0.15, 0.2) is 146 Å². The van der Waals surface area contributed by atoms with Gasteiger partial charge >= 0.3 is 0 Å². The molecule has 0 heterocycles. The van der Waals surface area contributed by atoms with Gasteiger partial charge in [0.15, 0.2) is 0 Å². The first-order valence-electron chi connectivity index (χ1n) is 26.0. The molecule has 0 N–H and O–H groups in total. The van der Waals surface area contributed by atoms with Crippen molar-refractivity contribution in [2.45, 2.75) is 100 Å². The minimum absolute atomic E-state index is 0.0700. The van der Waals surface area contributed by atoms with E-state index in [9.17, 15) is 15.8 Å². The number of nitriles is 3. The van der Waals surface area contributed by atoms with Gasteiger partial charge in [0.1, 0.15) is 17.2 Å². The van der Waals surface area contributed by atoms with E-state index in [0.29, 0.717) is 36.5 Å². The van der Waals surface area contributed by atoms with E-state index in [1.54, 1.807) is 0 Å². The van der Waals surface area contributed by atoms with E-state index in [1.807, 2.05) is 97.1 Å². The smallest absolute Gasteiger partial charge is 0.119 e. The maximum atomic E-state index is 9.27. The van der Waals surface area contributed by atoms with Gasteiger partial charge in [-0.3, -0.25) is 0 Å². The predicted octanol–water partition coefficient (Wildman–Crippen LogP) is 16.3. The zero-order valence-corrected chi connectivity index (χ0v) is 47.1. The standard InChI is InChI=1S/C66H78N4O3S/c1-13-65(10,64(8,9)48-73-60-36-30-57(31-37-60)54-24-18-51(40-69)19-25-54)44-70(12,43-61(2,3)41-62(4,5)46-71-58-32-26-55(27-33-58)52-20-14-49(38-67)15-21-52)45-66(11,74)42-63(6,7)47-72-59-34-28-56(29-35-59)53-22-16-50(39-68)17-23-53/h14-37H,13,41-48H2,1-12H3/p+1. The second-order valence-electron chi connectivity index (χ2n) is 24.7. The molecule has 6 aromatic carbocycles. The Morgan fingerprint density at radius 2 is 0.703 bits per heavy atom. The fourth-order valence-corrected chi connectivity index (χ4v) is 12.4. The molecule has 0 aliphatic rings. The predicted molar refractivity (Wildman–Crippen MR) is 307 cm³/mol. The van der Waals surface area contributed by atoms with Crippen LogP contribution in [-0.2, 0) is 0 Å². The van der Waals surface area contributed by atoms with Crippen LogP contribution in [0.2, 0.25) is 0 Å². The van der Waals surface area contributed by atoms with Gasteiger partial charge in [-0.2, -0.15) is 28.4 Å². The number of benzene rings is 6. The summed E-state index contributed by atoms with van der Waals surface area (Å²) in [5, 5.41) is 27.7. The number of ether oxygens (including phenoxy) is 3. The average molecular weight is 1010 g/mol. The zero-order chi connectivity index (χ0) is 54.0. The van der Waals surface area contributed by atoms with Crippen molar-refractivity contribution >= 4 is 12.6 Å². The van der Waals surface area contributed by atoms with Crippen molar-refractivity contribution in [3.8, 4) is 68.8 Å². The molecule has 386 valence electrons. The monoisotopic (exact) mass is 1010 g/mol. The lowest BCUT2D eigenvalue weighted by atomic mass is 9.64. The highest BCUT2D eigenvalue weighted by Gasteiger charge is 2.50. The van der Waals surface area contributed by atoms with Gasteiger partial charge in [-0.1, -0.05) is 142 Å². The molecule has 0 radical (unpaired) electrons. The number of quaternary nitrogens is 1. The Balaban J connectivity index is 1.17. The van der Waals surface area contributed by atoms with Crippen molar-refractivity contribution in [1.82, 2.24) is 0 Å². The van der Waals surface area contributed by atoms with Crippen molar-refractivity contribution < 1.29 is 18.7 Å². The van der Waals surface area contributed by atoms with Crippen molar-refractivity contribution in [3.05, 3.63) is 162 Å². The second-order valence-corrected chi connectivity index (χ2v) is 25.8. The average Bonchev–Trinajstić information content (AvgIpc) is 3.36. The molecule has 3 unspecified atom stereocenters. The summed E-state index contributed by atoms with van der Waals surface area (Å²) in [5.41, 5.74) is 7.70. The van der Waals surface area contributed by atoms with Crippen molar-refractivity contribution in [2.75, 3.05) is 46.5 Å². The lowest BCUT2D eigenvalue weighted by molar-refractivity contribution is -0.924. The van der Waals surface area contributed by atoms with Crippen LogP contribution in [0.4, 0.5) is 0 Å². The SMILES string of the molecule is CCC(C)(C[N+](C)(CC(C)(C)CC(C)(C)COc1ccc(-c2ccc(C#N)cc2)cc1)CC(C)(S)CC(C)(C)COc1ccc(-c2ccc(C#N)cc2)cc1)C(C)(C)COc1ccc(-c2ccc(C#N)cc2)cc1. The quantitative estimate of drug-likeness (QED) is 0.0479. The first kappa shape index (κ1) is 56.8. The highest BCUT2D eigenvalue weighted by Crippen LogP contribution is 2.47. The third-order valence-corrected chi connectivity index (χ3v) is 15.3. The van der Waals surface area contributed by atoms with Crippen LogP contribution in [0.3, 0.4) is 0 Å². The highest BCUT2D eigenvalue weighted by molar-refractivity contribution is 7.81. The summed E-state index contributed by atoms with van der Waals surface area (Å²) in [5.74, 6) is 2.52. The molecule has 0 bridgehead atoms. The molecule has 0 aromatic heterocycles. The summed E-state index contributed by atoms with van der Waals surface area (Å²) >= 11 is 5.59. The Bertz CT molecular complexity index is 2770. The number of rotatable bonds is 24. The number of hydrogen-bond acceptors (Lipinski definition) is 7. The summed E-state index contributed by atoms with van der Waals surface area (Å²) in [6, 6.07) is 54.4. The van der Waals surface area contributed by atoms with Gasteiger partial charge in [-0.15, -0.1) is 0 Å². The minimum Gasteiger partial charge on any atom is -0.493 e. The van der Waals surface area contributed by atoms with Crippen LogP contribution in [0.5, 0.6) is 17.2 Å². The molecule has 0 fully saturated rings. The Hall–Kier alpha value is -6.50. The molecule has 0 amide bonds. The molecule has 0 aliphatic heterocycles. The molecule has 0 spiro atoms. The Morgan fingerprint density at radius 3 is 1.01 bits per heavy atom. The number of thiol groups is 1. The molecule has 6 rings (SSSR count). The van der Waals surface area contributed by atoms with Crippen LogP contribution < -0.4 is 14.2 Å². The minimum atomic E-state index is -0.342. The van der Waals surface area contributed by atoms with E-state index in [2.05, 4.69) is 150 Å². The van der Waals surface area contributed by atoms with Crippen LogP contribution in [0.1, 0.15) is 112 Å². The van der Waals surface area contributed by atoms with Gasteiger partial charge in [0.25, 0.3) is 0 Å². The van der Waals surface area contributed by atoms with Crippen LogP contribution in [0, 0.1) is 61.1 Å². The number of nitrogens with zero attached hydrogens (tertiary/aromatic N) is 4. The molecule has 7 nitrogen and oxygen atoms in total. The summed E-state index contributed by atoms with van der Waals surface area (Å²) < 4.78 is 20.2. The Kier molecular flexibility index (Phi) is 17.9.